The van der Waals surface area contributed by atoms with Gasteiger partial charge in [0.1, 0.15) is 6.61 Å². The van der Waals surface area contributed by atoms with Crippen molar-refractivity contribution in [3.8, 4) is 0 Å². The topological polar surface area (TPSA) is 58.6 Å². The molecule has 1 aliphatic carbocycles. The van der Waals surface area contributed by atoms with Gasteiger partial charge >= 0.3 is 6.09 Å². The predicted octanol–water partition coefficient (Wildman–Crippen LogP) is 3.97. The van der Waals surface area contributed by atoms with Gasteiger partial charge in [-0.2, -0.15) is 0 Å². The van der Waals surface area contributed by atoms with Crippen LogP contribution in [0, 0.1) is 5.92 Å². The molecule has 1 saturated carbocycles. The third-order valence-electron chi connectivity index (χ3n) is 6.88. The molecule has 2 amide bonds. The van der Waals surface area contributed by atoms with Crippen LogP contribution in [0.5, 0.6) is 0 Å². The fourth-order valence-corrected chi connectivity index (χ4v) is 5.06. The molecule has 1 aromatic rings. The van der Waals surface area contributed by atoms with Gasteiger partial charge in [-0.1, -0.05) is 45.0 Å². The van der Waals surface area contributed by atoms with Gasteiger partial charge in [-0.25, -0.2) is 4.79 Å². The maximum absolute atomic E-state index is 13.0. The number of amides is 2. The largest absolute Gasteiger partial charge is 0.447 e. The molecule has 152 valence electrons. The highest BCUT2D eigenvalue weighted by molar-refractivity contribution is 5.82. The molecule has 5 heteroatoms. The Hall–Kier alpha value is -2.04. The number of cyclic esters (lactones) is 1. The molecule has 2 heterocycles. The van der Waals surface area contributed by atoms with Gasteiger partial charge < -0.3 is 15.0 Å². The average Bonchev–Trinajstić information content (AvgIpc) is 3.01. The van der Waals surface area contributed by atoms with E-state index in [9.17, 15) is 9.59 Å². The van der Waals surface area contributed by atoms with Crippen molar-refractivity contribution in [2.45, 2.75) is 76.3 Å². The summed E-state index contributed by atoms with van der Waals surface area (Å²) in [6, 6.07) is 9.30. The average molecular weight is 385 g/mol. The van der Waals surface area contributed by atoms with Crippen molar-refractivity contribution in [2.75, 3.05) is 13.2 Å². The molecule has 0 unspecified atom stereocenters. The number of hydrogen-bond donors (Lipinski definition) is 1. The Bertz CT molecular complexity index is 759. The van der Waals surface area contributed by atoms with Crippen LogP contribution in [0.2, 0.25) is 0 Å². The highest BCUT2D eigenvalue weighted by Gasteiger charge is 2.53. The monoisotopic (exact) mass is 384 g/mol. The minimum atomic E-state index is -0.349. The number of ether oxygens (including phenoxy) is 1. The molecular weight excluding hydrogens is 352 g/mol. The zero-order valence-corrected chi connectivity index (χ0v) is 17.5. The van der Waals surface area contributed by atoms with E-state index in [1.54, 1.807) is 0 Å². The summed E-state index contributed by atoms with van der Waals surface area (Å²) in [6.45, 7) is 10.1. The standard InChI is InChI=1S/C23H32N2O3/c1-15-11-17(16-5-7-19(8-6-16)22(2,3)4)9-10-25(15)20(26)18-12-23(13-18)14-28-21(27)24-23/h5-8,15,17-18H,9-14H2,1-4H3,(H,24,27)/t15-,17+,18?,23?/m1/s1. The second-order valence-corrected chi connectivity index (χ2v) is 10.1. The summed E-state index contributed by atoms with van der Waals surface area (Å²) in [5.74, 6) is 0.788. The zero-order valence-electron chi connectivity index (χ0n) is 17.5. The van der Waals surface area contributed by atoms with Crippen LogP contribution in [0.1, 0.15) is 70.4 Å². The fraction of sp³-hybridized carbons (Fsp3) is 0.652. The Morgan fingerprint density at radius 2 is 1.89 bits per heavy atom. The predicted molar refractivity (Wildman–Crippen MR) is 108 cm³/mol. The van der Waals surface area contributed by atoms with E-state index in [0.717, 1.165) is 19.4 Å². The van der Waals surface area contributed by atoms with Crippen LogP contribution in [0.25, 0.3) is 0 Å². The molecule has 2 aliphatic heterocycles. The maximum atomic E-state index is 13.0. The number of carbonyl (C=O) groups excluding carboxylic acids is 2. The Morgan fingerprint density at radius 1 is 1.21 bits per heavy atom. The van der Waals surface area contributed by atoms with Crippen molar-refractivity contribution in [1.82, 2.24) is 10.2 Å². The van der Waals surface area contributed by atoms with Crippen molar-refractivity contribution in [2.24, 2.45) is 5.92 Å². The summed E-state index contributed by atoms with van der Waals surface area (Å²) in [6.07, 6.45) is 3.09. The molecule has 28 heavy (non-hydrogen) atoms. The summed E-state index contributed by atoms with van der Waals surface area (Å²) < 4.78 is 5.02. The maximum Gasteiger partial charge on any atom is 0.407 e. The van der Waals surface area contributed by atoms with Crippen LogP contribution in [-0.2, 0) is 14.9 Å². The van der Waals surface area contributed by atoms with Gasteiger partial charge in [0.05, 0.1) is 5.54 Å². The highest BCUT2D eigenvalue weighted by Crippen LogP contribution is 2.43. The molecule has 5 nitrogen and oxygen atoms in total. The molecule has 2 atom stereocenters. The first kappa shape index (κ1) is 19.3. The summed E-state index contributed by atoms with van der Waals surface area (Å²) in [5, 5.41) is 2.88. The van der Waals surface area contributed by atoms with E-state index in [-0.39, 0.29) is 34.9 Å². The third-order valence-corrected chi connectivity index (χ3v) is 6.88. The van der Waals surface area contributed by atoms with Gasteiger partial charge in [-0.05, 0) is 55.1 Å². The zero-order chi connectivity index (χ0) is 20.1. The lowest BCUT2D eigenvalue weighted by Gasteiger charge is -2.46. The SMILES string of the molecule is C[C@@H]1C[C@@H](c2ccc(C(C)(C)C)cc2)CCN1C(=O)C1CC2(COC(=O)N2)C1. The quantitative estimate of drug-likeness (QED) is 0.839. The first-order valence-electron chi connectivity index (χ1n) is 10.5. The van der Waals surface area contributed by atoms with E-state index in [4.69, 9.17) is 4.74 Å². The Morgan fingerprint density at radius 3 is 2.43 bits per heavy atom. The van der Waals surface area contributed by atoms with Crippen LogP contribution < -0.4 is 5.32 Å². The van der Waals surface area contributed by atoms with E-state index >= 15 is 0 Å². The minimum Gasteiger partial charge on any atom is -0.447 e. The molecule has 0 aromatic heterocycles. The lowest BCUT2D eigenvalue weighted by atomic mass is 9.68. The Kier molecular flexibility index (Phi) is 4.67. The van der Waals surface area contributed by atoms with Crippen molar-refractivity contribution < 1.29 is 14.3 Å². The summed E-state index contributed by atoms with van der Waals surface area (Å²) in [4.78, 5) is 26.3. The van der Waals surface area contributed by atoms with Gasteiger partial charge in [0.2, 0.25) is 5.91 Å². The van der Waals surface area contributed by atoms with Crippen LogP contribution in [0.15, 0.2) is 24.3 Å². The molecule has 1 spiro atoms. The van der Waals surface area contributed by atoms with Crippen molar-refractivity contribution >= 4 is 12.0 Å². The first-order valence-corrected chi connectivity index (χ1v) is 10.5. The molecular formula is C23H32N2O3. The molecule has 3 aliphatic rings. The van der Waals surface area contributed by atoms with E-state index < -0.39 is 0 Å². The van der Waals surface area contributed by atoms with Gasteiger partial charge in [-0.15, -0.1) is 0 Å². The van der Waals surface area contributed by atoms with Gasteiger partial charge in [0.25, 0.3) is 0 Å². The van der Waals surface area contributed by atoms with E-state index in [2.05, 4.69) is 62.2 Å². The number of rotatable bonds is 2. The third kappa shape index (κ3) is 3.51. The van der Waals surface area contributed by atoms with Crippen LogP contribution >= 0.6 is 0 Å². The number of nitrogens with zero attached hydrogens (tertiary/aromatic N) is 1. The number of likely N-dealkylation sites (tertiary alicyclic amines) is 1. The normalized spacial score (nSPS) is 32.6. The van der Waals surface area contributed by atoms with Gasteiger partial charge in [0, 0.05) is 18.5 Å². The summed E-state index contributed by atoms with van der Waals surface area (Å²) in [7, 11) is 0. The lowest BCUT2D eigenvalue weighted by Crippen LogP contribution is -2.59. The van der Waals surface area contributed by atoms with Crippen LogP contribution in [0.4, 0.5) is 4.79 Å². The van der Waals surface area contributed by atoms with E-state index in [1.165, 1.54) is 11.1 Å². The number of piperidine rings is 1. The van der Waals surface area contributed by atoms with Gasteiger partial charge in [0.15, 0.2) is 0 Å². The van der Waals surface area contributed by atoms with Gasteiger partial charge in [-0.3, -0.25) is 4.79 Å². The number of carbonyl (C=O) groups is 2. The van der Waals surface area contributed by atoms with E-state index in [0.29, 0.717) is 25.4 Å². The number of alkyl carbamates (subject to hydrolysis) is 1. The lowest BCUT2D eigenvalue weighted by molar-refractivity contribution is -0.144. The number of nitrogens with one attached hydrogen (secondary N) is 1. The Labute approximate surface area is 167 Å². The van der Waals surface area contributed by atoms with Crippen molar-refractivity contribution in [3.05, 3.63) is 35.4 Å². The van der Waals surface area contributed by atoms with Crippen molar-refractivity contribution in [3.63, 3.8) is 0 Å². The molecule has 0 bridgehead atoms. The number of hydrogen-bond acceptors (Lipinski definition) is 3. The highest BCUT2D eigenvalue weighted by atomic mass is 16.6. The molecule has 3 fully saturated rings. The Balaban J connectivity index is 1.34. The van der Waals surface area contributed by atoms with Crippen molar-refractivity contribution in [1.29, 1.82) is 0 Å². The second-order valence-electron chi connectivity index (χ2n) is 10.1. The fourth-order valence-electron chi connectivity index (χ4n) is 5.06. The molecule has 1 aromatic carbocycles. The number of benzene rings is 1. The molecule has 2 saturated heterocycles. The second kappa shape index (κ2) is 6.78. The summed E-state index contributed by atoms with van der Waals surface area (Å²) in [5.41, 5.74) is 2.64. The smallest absolute Gasteiger partial charge is 0.407 e. The first-order chi connectivity index (χ1) is 13.2. The molecule has 1 N–H and O–H groups in total. The van der Waals surface area contributed by atoms with E-state index in [1.807, 2.05) is 0 Å². The minimum absolute atomic E-state index is 0.0204. The summed E-state index contributed by atoms with van der Waals surface area (Å²) >= 11 is 0. The molecule has 4 rings (SSSR count). The van der Waals surface area contributed by atoms with Crippen LogP contribution in [-0.4, -0.2) is 41.6 Å². The van der Waals surface area contributed by atoms with Crippen LogP contribution in [0.3, 0.4) is 0 Å². The molecule has 0 radical (unpaired) electrons.